The molecule has 0 unspecified atom stereocenters. The van der Waals surface area contributed by atoms with Crippen LogP contribution in [-0.4, -0.2) is 11.9 Å². The number of aryl methyl sites for hydroxylation is 1. The van der Waals surface area contributed by atoms with Crippen LogP contribution in [0.4, 0.5) is 4.39 Å². The summed E-state index contributed by atoms with van der Waals surface area (Å²) in [7, 11) is 0. The molecule has 2 aromatic rings. The zero-order valence-corrected chi connectivity index (χ0v) is 12.2. The van der Waals surface area contributed by atoms with Crippen molar-refractivity contribution in [2.45, 2.75) is 39.7 Å². The van der Waals surface area contributed by atoms with Crippen LogP contribution in [0.1, 0.15) is 41.9 Å². The summed E-state index contributed by atoms with van der Waals surface area (Å²) in [5, 5.41) is 3.54. The lowest BCUT2D eigenvalue weighted by Crippen LogP contribution is -2.32. The zero-order chi connectivity index (χ0) is 14.0. The van der Waals surface area contributed by atoms with E-state index in [4.69, 9.17) is 0 Å². The van der Waals surface area contributed by atoms with Crippen LogP contribution in [0, 0.1) is 12.7 Å². The molecule has 0 bridgehead atoms. The van der Waals surface area contributed by atoms with Gasteiger partial charge in [0.05, 0.1) is 4.88 Å². The van der Waals surface area contributed by atoms with Crippen molar-refractivity contribution in [2.75, 3.05) is 0 Å². The van der Waals surface area contributed by atoms with Crippen LogP contribution in [-0.2, 0) is 0 Å². The third-order valence-electron chi connectivity index (χ3n) is 3.21. The normalized spacial score (nSPS) is 12.6. The first-order valence-electron chi connectivity index (χ1n) is 6.53. The van der Waals surface area contributed by atoms with E-state index in [-0.39, 0.29) is 17.8 Å². The fraction of sp³-hybridized carbons (Fsp3) is 0.400. The number of carbonyl (C=O) groups is 1. The molecule has 0 saturated carbocycles. The summed E-state index contributed by atoms with van der Waals surface area (Å²) in [6.45, 7) is 5.88. The second kappa shape index (κ2) is 5.70. The molecular formula is C15H18FNOS. The van der Waals surface area contributed by atoms with E-state index < -0.39 is 0 Å². The molecular weight excluding hydrogens is 261 g/mol. The summed E-state index contributed by atoms with van der Waals surface area (Å²) in [6, 6.07) is 5.10. The van der Waals surface area contributed by atoms with Gasteiger partial charge >= 0.3 is 0 Å². The molecule has 0 aliphatic heterocycles. The average Bonchev–Trinajstić information content (AvgIpc) is 2.68. The Morgan fingerprint density at radius 1 is 1.47 bits per heavy atom. The van der Waals surface area contributed by atoms with Crippen LogP contribution < -0.4 is 5.32 Å². The molecule has 0 radical (unpaired) electrons. The summed E-state index contributed by atoms with van der Waals surface area (Å²) in [6.07, 6.45) is 1.98. The van der Waals surface area contributed by atoms with Gasteiger partial charge in [-0.2, -0.15) is 0 Å². The highest BCUT2D eigenvalue weighted by Crippen LogP contribution is 2.32. The molecule has 0 aliphatic carbocycles. The minimum absolute atomic E-state index is 0.0981. The molecule has 1 N–H and O–H groups in total. The summed E-state index contributed by atoms with van der Waals surface area (Å²) >= 11 is 1.35. The van der Waals surface area contributed by atoms with Gasteiger partial charge in [0.2, 0.25) is 0 Å². The van der Waals surface area contributed by atoms with E-state index in [1.807, 2.05) is 13.0 Å². The number of benzene rings is 1. The number of rotatable bonds is 4. The first-order chi connectivity index (χ1) is 9.04. The largest absolute Gasteiger partial charge is 0.349 e. The van der Waals surface area contributed by atoms with Crippen molar-refractivity contribution in [3.63, 3.8) is 0 Å². The maximum Gasteiger partial charge on any atom is 0.261 e. The lowest BCUT2D eigenvalue weighted by Gasteiger charge is -2.12. The Labute approximate surface area is 116 Å². The predicted octanol–water partition coefficient (Wildman–Crippen LogP) is 4.27. The van der Waals surface area contributed by atoms with Gasteiger partial charge in [-0.15, -0.1) is 11.3 Å². The SMILES string of the molecule is CCC[C@H](C)NC(=O)c1sc2cccc(F)c2c1C. The number of hydrogen-bond acceptors (Lipinski definition) is 2. The number of fused-ring (bicyclic) bond motifs is 1. The Kier molecular flexibility index (Phi) is 4.20. The van der Waals surface area contributed by atoms with E-state index >= 15 is 0 Å². The molecule has 2 rings (SSSR count). The van der Waals surface area contributed by atoms with Gasteiger partial charge in [-0.3, -0.25) is 4.79 Å². The molecule has 0 spiro atoms. The number of thiophene rings is 1. The van der Waals surface area contributed by atoms with E-state index in [2.05, 4.69) is 12.2 Å². The van der Waals surface area contributed by atoms with Crippen molar-refractivity contribution in [1.82, 2.24) is 5.32 Å². The third-order valence-corrected chi connectivity index (χ3v) is 4.46. The van der Waals surface area contributed by atoms with E-state index in [1.54, 1.807) is 13.0 Å². The molecule has 0 saturated heterocycles. The van der Waals surface area contributed by atoms with Crippen LogP contribution in [0.5, 0.6) is 0 Å². The highest BCUT2D eigenvalue weighted by molar-refractivity contribution is 7.21. The first-order valence-corrected chi connectivity index (χ1v) is 7.34. The Balaban J connectivity index is 2.33. The second-order valence-corrected chi connectivity index (χ2v) is 5.88. The highest BCUT2D eigenvalue weighted by atomic mass is 32.1. The molecule has 1 aromatic heterocycles. The maximum absolute atomic E-state index is 13.8. The van der Waals surface area contributed by atoms with Gasteiger partial charge in [-0.05, 0) is 38.0 Å². The number of halogens is 1. The summed E-state index contributed by atoms with van der Waals surface area (Å²) < 4.78 is 14.6. The number of amides is 1. The van der Waals surface area contributed by atoms with Gasteiger partial charge in [0.25, 0.3) is 5.91 Å². The molecule has 102 valence electrons. The number of hydrogen-bond donors (Lipinski definition) is 1. The second-order valence-electron chi connectivity index (χ2n) is 4.83. The molecule has 19 heavy (non-hydrogen) atoms. The van der Waals surface area contributed by atoms with Crippen molar-refractivity contribution in [1.29, 1.82) is 0 Å². The Morgan fingerprint density at radius 2 is 2.21 bits per heavy atom. The van der Waals surface area contributed by atoms with Crippen LogP contribution in [0.25, 0.3) is 10.1 Å². The molecule has 2 nitrogen and oxygen atoms in total. The molecule has 1 atom stereocenters. The Bertz CT molecular complexity index is 605. The van der Waals surface area contributed by atoms with Gasteiger partial charge in [0.1, 0.15) is 5.82 Å². The smallest absolute Gasteiger partial charge is 0.261 e. The number of carbonyl (C=O) groups excluding carboxylic acids is 1. The topological polar surface area (TPSA) is 29.1 Å². The minimum atomic E-state index is -0.257. The van der Waals surface area contributed by atoms with E-state index in [1.165, 1.54) is 17.4 Å². The molecule has 1 aromatic carbocycles. The molecule has 0 aliphatic rings. The van der Waals surface area contributed by atoms with Gasteiger partial charge in [-0.25, -0.2) is 4.39 Å². The van der Waals surface area contributed by atoms with Gasteiger partial charge in [0.15, 0.2) is 0 Å². The lowest BCUT2D eigenvalue weighted by molar-refractivity contribution is 0.0942. The fourth-order valence-corrected chi connectivity index (χ4v) is 3.39. The van der Waals surface area contributed by atoms with Crippen LogP contribution in [0.3, 0.4) is 0 Å². The summed E-state index contributed by atoms with van der Waals surface area (Å²) in [5.41, 5.74) is 0.735. The summed E-state index contributed by atoms with van der Waals surface area (Å²) in [5.74, 6) is -0.356. The van der Waals surface area contributed by atoms with Gasteiger partial charge in [-0.1, -0.05) is 19.4 Å². The maximum atomic E-state index is 13.8. The molecule has 0 fully saturated rings. The fourth-order valence-electron chi connectivity index (χ4n) is 2.26. The predicted molar refractivity (Wildman–Crippen MR) is 78.4 cm³/mol. The first kappa shape index (κ1) is 14.0. The minimum Gasteiger partial charge on any atom is -0.349 e. The van der Waals surface area contributed by atoms with Gasteiger partial charge in [0, 0.05) is 16.1 Å². The molecule has 4 heteroatoms. The van der Waals surface area contributed by atoms with Crippen molar-refractivity contribution in [2.24, 2.45) is 0 Å². The molecule has 1 heterocycles. The monoisotopic (exact) mass is 279 g/mol. The zero-order valence-electron chi connectivity index (χ0n) is 11.4. The van der Waals surface area contributed by atoms with E-state index in [9.17, 15) is 9.18 Å². The average molecular weight is 279 g/mol. The van der Waals surface area contributed by atoms with Crippen LogP contribution >= 0.6 is 11.3 Å². The standard InChI is InChI=1S/C15H18FNOS/c1-4-6-9(2)17-15(18)14-10(3)13-11(16)7-5-8-12(13)19-14/h5,7-9H,4,6H2,1-3H3,(H,17,18)/t9-/m0/s1. The Hall–Kier alpha value is -1.42. The van der Waals surface area contributed by atoms with Crippen molar-refractivity contribution in [3.8, 4) is 0 Å². The van der Waals surface area contributed by atoms with Crippen molar-refractivity contribution in [3.05, 3.63) is 34.5 Å². The number of nitrogens with one attached hydrogen (secondary N) is 1. The van der Waals surface area contributed by atoms with E-state index in [0.717, 1.165) is 23.1 Å². The Morgan fingerprint density at radius 3 is 2.84 bits per heavy atom. The lowest BCUT2D eigenvalue weighted by atomic mass is 10.1. The quantitative estimate of drug-likeness (QED) is 0.889. The summed E-state index contributed by atoms with van der Waals surface area (Å²) in [4.78, 5) is 12.8. The molecule has 1 amide bonds. The van der Waals surface area contributed by atoms with Crippen LogP contribution in [0.2, 0.25) is 0 Å². The third kappa shape index (κ3) is 2.78. The van der Waals surface area contributed by atoms with Gasteiger partial charge < -0.3 is 5.32 Å². The highest BCUT2D eigenvalue weighted by Gasteiger charge is 2.18. The van der Waals surface area contributed by atoms with Crippen molar-refractivity contribution < 1.29 is 9.18 Å². The van der Waals surface area contributed by atoms with Crippen LogP contribution in [0.15, 0.2) is 18.2 Å². The van der Waals surface area contributed by atoms with E-state index in [0.29, 0.717) is 10.3 Å². The van der Waals surface area contributed by atoms with Crippen molar-refractivity contribution >= 4 is 27.3 Å².